The standard InChI is InChI=1S/C11H11N2O2/c12-13-8-10(14)6-7-11(15)9-4-2-1-3-5-9/h1-5H,6-8H2/q+1. The molecule has 0 spiro atoms. The highest BCUT2D eigenvalue weighted by molar-refractivity contribution is 5.98. The fraction of sp³-hybridized carbons (Fsp3) is 0.273. The molecule has 0 aliphatic carbocycles. The van der Waals surface area contributed by atoms with Gasteiger partial charge in [-0.25, -0.2) is 0 Å². The lowest BCUT2D eigenvalue weighted by Crippen LogP contribution is -2.06. The molecule has 0 aliphatic heterocycles. The molecule has 4 heteroatoms. The summed E-state index contributed by atoms with van der Waals surface area (Å²) in [5.41, 5.74) is 0.603. The molecule has 0 saturated carbocycles. The predicted octanol–water partition coefficient (Wildman–Crippen LogP) is 2.07. The summed E-state index contributed by atoms with van der Waals surface area (Å²) in [5.74, 6) is -0.302. The molecule has 4 nitrogen and oxygen atoms in total. The second-order valence-corrected chi connectivity index (χ2v) is 3.13. The lowest BCUT2D eigenvalue weighted by Gasteiger charge is -1.97. The van der Waals surface area contributed by atoms with Crippen LogP contribution in [0.25, 0.3) is 4.98 Å². The zero-order valence-corrected chi connectivity index (χ0v) is 8.22. The van der Waals surface area contributed by atoms with Gasteiger partial charge in [-0.05, 0) is 0 Å². The maximum Gasteiger partial charge on any atom is 0.362 e. The molecule has 0 fully saturated rings. The first-order valence-corrected chi connectivity index (χ1v) is 4.65. The van der Waals surface area contributed by atoms with E-state index in [9.17, 15) is 9.59 Å². The van der Waals surface area contributed by atoms with Gasteiger partial charge in [0.05, 0.1) is 0 Å². The number of carbonyl (C=O) groups is 2. The normalized spacial score (nSPS) is 9.27. The Labute approximate surface area is 87.5 Å². The van der Waals surface area contributed by atoms with E-state index in [1.54, 1.807) is 24.3 Å². The van der Waals surface area contributed by atoms with Gasteiger partial charge < -0.3 is 0 Å². The molecule has 15 heavy (non-hydrogen) atoms. The molecule has 1 rings (SSSR count). The number of carbonyl (C=O) groups excluding carboxylic acids is 2. The molecule has 0 aromatic heterocycles. The Morgan fingerprint density at radius 3 is 2.40 bits per heavy atom. The smallest absolute Gasteiger partial charge is 0.294 e. The van der Waals surface area contributed by atoms with Crippen LogP contribution in [0.15, 0.2) is 30.3 Å². The van der Waals surface area contributed by atoms with Crippen LogP contribution in [0.3, 0.4) is 0 Å². The molecule has 0 atom stereocenters. The zero-order chi connectivity index (χ0) is 11.1. The van der Waals surface area contributed by atoms with Crippen molar-refractivity contribution >= 4 is 11.6 Å². The average molecular weight is 203 g/mol. The van der Waals surface area contributed by atoms with E-state index in [2.05, 4.69) is 4.98 Å². The Balaban J connectivity index is 2.45. The number of benzene rings is 1. The van der Waals surface area contributed by atoms with Gasteiger partial charge in [0.1, 0.15) is 4.98 Å². The Bertz CT molecular complexity index is 393. The highest BCUT2D eigenvalue weighted by Crippen LogP contribution is 2.05. The second kappa shape index (κ2) is 5.66. The van der Waals surface area contributed by atoms with Crippen molar-refractivity contribution in [1.82, 2.24) is 0 Å². The average Bonchev–Trinajstić information content (AvgIpc) is 2.27. The van der Waals surface area contributed by atoms with Gasteiger partial charge in [-0.2, -0.15) is 0 Å². The van der Waals surface area contributed by atoms with Crippen molar-refractivity contribution in [3.05, 3.63) is 40.9 Å². The molecule has 1 aromatic rings. The molecule has 0 heterocycles. The van der Waals surface area contributed by atoms with E-state index >= 15 is 0 Å². The molecule has 0 amide bonds. The van der Waals surface area contributed by atoms with Crippen LogP contribution >= 0.6 is 0 Å². The van der Waals surface area contributed by atoms with Crippen LogP contribution in [0, 0.1) is 5.39 Å². The Morgan fingerprint density at radius 1 is 1.13 bits per heavy atom. The number of ketones is 2. The first-order valence-electron chi connectivity index (χ1n) is 4.65. The van der Waals surface area contributed by atoms with Crippen LogP contribution in [-0.2, 0) is 4.79 Å². The molecule has 0 saturated heterocycles. The third kappa shape index (κ3) is 3.69. The quantitative estimate of drug-likeness (QED) is 0.543. The van der Waals surface area contributed by atoms with Gasteiger partial charge >= 0.3 is 6.54 Å². The van der Waals surface area contributed by atoms with Crippen molar-refractivity contribution in [2.45, 2.75) is 12.8 Å². The minimum Gasteiger partial charge on any atom is -0.294 e. The van der Waals surface area contributed by atoms with E-state index in [1.165, 1.54) is 0 Å². The van der Waals surface area contributed by atoms with Crippen molar-refractivity contribution in [2.24, 2.45) is 0 Å². The lowest BCUT2D eigenvalue weighted by molar-refractivity contribution is -0.117. The maximum absolute atomic E-state index is 11.5. The van der Waals surface area contributed by atoms with E-state index < -0.39 is 0 Å². The number of hydrogen-bond acceptors (Lipinski definition) is 3. The van der Waals surface area contributed by atoms with Crippen molar-refractivity contribution in [2.75, 3.05) is 6.54 Å². The van der Waals surface area contributed by atoms with E-state index in [4.69, 9.17) is 5.39 Å². The van der Waals surface area contributed by atoms with E-state index in [1.807, 2.05) is 6.07 Å². The largest absolute Gasteiger partial charge is 0.362 e. The van der Waals surface area contributed by atoms with Gasteiger partial charge in [0, 0.05) is 18.4 Å². The fourth-order valence-electron chi connectivity index (χ4n) is 1.18. The molecule has 76 valence electrons. The number of rotatable bonds is 5. The second-order valence-electron chi connectivity index (χ2n) is 3.13. The van der Waals surface area contributed by atoms with Crippen LogP contribution in [0.1, 0.15) is 23.2 Å². The van der Waals surface area contributed by atoms with Gasteiger partial charge in [0.25, 0.3) is 0 Å². The highest BCUT2D eigenvalue weighted by atomic mass is 16.1. The summed E-state index contributed by atoms with van der Waals surface area (Å²) >= 11 is 0. The van der Waals surface area contributed by atoms with Gasteiger partial charge in [-0.1, -0.05) is 30.3 Å². The number of diazo groups is 1. The first-order chi connectivity index (χ1) is 7.24. The molecule has 0 aliphatic rings. The first kappa shape index (κ1) is 11.1. The SMILES string of the molecule is N#[N+]CC(=O)CCC(=O)c1ccccc1. The highest BCUT2D eigenvalue weighted by Gasteiger charge is 2.12. The zero-order valence-electron chi connectivity index (χ0n) is 8.22. The monoisotopic (exact) mass is 203 g/mol. The van der Waals surface area contributed by atoms with Crippen molar-refractivity contribution < 1.29 is 9.59 Å². The molecule has 0 radical (unpaired) electrons. The van der Waals surface area contributed by atoms with Crippen molar-refractivity contribution in [1.29, 1.82) is 5.39 Å². The third-order valence-corrected chi connectivity index (χ3v) is 1.97. The van der Waals surface area contributed by atoms with E-state index in [0.29, 0.717) is 5.56 Å². The van der Waals surface area contributed by atoms with Crippen LogP contribution in [0.5, 0.6) is 0 Å². The molecular formula is C11H11N2O2+. The fourth-order valence-corrected chi connectivity index (χ4v) is 1.18. The third-order valence-electron chi connectivity index (χ3n) is 1.97. The summed E-state index contributed by atoms with van der Waals surface area (Å²) in [6.07, 6.45) is 0.288. The lowest BCUT2D eigenvalue weighted by atomic mass is 10.1. The van der Waals surface area contributed by atoms with Gasteiger partial charge in [0.2, 0.25) is 11.2 Å². The van der Waals surface area contributed by atoms with E-state index in [0.717, 1.165) is 0 Å². The topological polar surface area (TPSA) is 62.3 Å². The van der Waals surface area contributed by atoms with Crippen LogP contribution in [0.4, 0.5) is 0 Å². The van der Waals surface area contributed by atoms with Gasteiger partial charge in [0.15, 0.2) is 5.78 Å². The minimum absolute atomic E-state index is 0.0677. The Morgan fingerprint density at radius 2 is 1.80 bits per heavy atom. The van der Waals surface area contributed by atoms with E-state index in [-0.39, 0.29) is 31.0 Å². The van der Waals surface area contributed by atoms with Crippen LogP contribution in [-0.4, -0.2) is 18.1 Å². The summed E-state index contributed by atoms with van der Waals surface area (Å²) in [4.78, 5) is 25.2. The van der Waals surface area contributed by atoms with Gasteiger partial charge in [-0.3, -0.25) is 9.59 Å². The predicted molar refractivity (Wildman–Crippen MR) is 55.0 cm³/mol. The Kier molecular flexibility index (Phi) is 4.17. The summed E-state index contributed by atoms with van der Waals surface area (Å²) in [6, 6.07) is 8.80. The summed E-state index contributed by atoms with van der Waals surface area (Å²) < 4.78 is 0. The molecule has 1 aromatic carbocycles. The maximum atomic E-state index is 11.5. The Hall–Kier alpha value is -2.02. The van der Waals surface area contributed by atoms with Crippen molar-refractivity contribution in [3.63, 3.8) is 0 Å². The van der Waals surface area contributed by atoms with Crippen LogP contribution < -0.4 is 0 Å². The minimum atomic E-state index is -0.234. The molecular weight excluding hydrogens is 192 g/mol. The summed E-state index contributed by atoms with van der Waals surface area (Å²) in [5, 5.41) is 8.14. The van der Waals surface area contributed by atoms with Crippen molar-refractivity contribution in [3.8, 4) is 0 Å². The number of Topliss-reactive ketones (excluding diaryl/α,β-unsaturated/α-hetero) is 2. The molecule has 0 bridgehead atoms. The van der Waals surface area contributed by atoms with Crippen LogP contribution in [0.2, 0.25) is 0 Å². The summed E-state index contributed by atoms with van der Waals surface area (Å²) in [6.45, 7) is -0.234. The number of hydrogen-bond donors (Lipinski definition) is 0. The van der Waals surface area contributed by atoms with Gasteiger partial charge in [-0.15, -0.1) is 0 Å². The molecule has 0 N–H and O–H groups in total. The molecule has 0 unspecified atom stereocenters. The summed E-state index contributed by atoms with van der Waals surface area (Å²) in [7, 11) is 0. The number of nitrogens with zero attached hydrogens (tertiary/aromatic N) is 2.